The number of halogens is 1. The van der Waals surface area contributed by atoms with Gasteiger partial charge in [-0.1, -0.05) is 36.5 Å². The lowest BCUT2D eigenvalue weighted by molar-refractivity contribution is -0.132. The summed E-state index contributed by atoms with van der Waals surface area (Å²) in [5, 5.41) is 11.6. The number of amides is 1. The first-order valence-electron chi connectivity index (χ1n) is 11.6. The Kier molecular flexibility index (Phi) is 6.28. The van der Waals surface area contributed by atoms with Gasteiger partial charge >= 0.3 is 5.91 Å². The zero-order valence-electron chi connectivity index (χ0n) is 19.7. The van der Waals surface area contributed by atoms with Crippen LogP contribution in [0.2, 0.25) is 0 Å². The highest BCUT2D eigenvalue weighted by Gasteiger charge is 2.48. The van der Waals surface area contributed by atoms with Crippen molar-refractivity contribution in [1.29, 1.82) is 0 Å². The zero-order chi connectivity index (χ0) is 25.4. The fourth-order valence-corrected chi connectivity index (χ4v) is 5.36. The molecule has 0 radical (unpaired) electrons. The molecule has 4 aromatic rings. The number of aliphatic hydroxyl groups excluding tert-OH is 1. The summed E-state index contributed by atoms with van der Waals surface area (Å²) in [5.74, 6) is -1.78. The summed E-state index contributed by atoms with van der Waals surface area (Å²) in [6, 6.07) is 17.1. The van der Waals surface area contributed by atoms with E-state index in [4.69, 9.17) is 4.74 Å². The molecule has 0 bridgehead atoms. The van der Waals surface area contributed by atoms with Crippen LogP contribution in [0.1, 0.15) is 36.6 Å². The summed E-state index contributed by atoms with van der Waals surface area (Å²) in [5.41, 5.74) is 2.60. The number of carbonyl (C=O) groups excluding carboxylic acids is 2. The number of carbonyl (C=O) groups is 2. The molecule has 182 valence electrons. The highest BCUT2D eigenvalue weighted by Crippen LogP contribution is 2.44. The number of aliphatic hydroxyl groups is 1. The number of hydrogen-bond acceptors (Lipinski definition) is 6. The van der Waals surface area contributed by atoms with E-state index in [2.05, 4.69) is 11.9 Å². The fraction of sp³-hybridized carbons (Fsp3) is 0.179. The van der Waals surface area contributed by atoms with Crippen LogP contribution in [0.4, 0.5) is 9.52 Å². The average Bonchev–Trinajstić information content (AvgIpc) is 3.42. The summed E-state index contributed by atoms with van der Waals surface area (Å²) in [7, 11) is 0. The van der Waals surface area contributed by atoms with Gasteiger partial charge < -0.3 is 9.84 Å². The van der Waals surface area contributed by atoms with Crippen molar-refractivity contribution in [3.8, 4) is 5.75 Å². The molecule has 36 heavy (non-hydrogen) atoms. The van der Waals surface area contributed by atoms with Crippen molar-refractivity contribution < 1.29 is 23.8 Å². The van der Waals surface area contributed by atoms with E-state index in [0.717, 1.165) is 16.7 Å². The molecule has 8 heteroatoms. The van der Waals surface area contributed by atoms with E-state index >= 15 is 0 Å². The third-order valence-corrected chi connectivity index (χ3v) is 7.14. The maximum atomic E-state index is 13.7. The van der Waals surface area contributed by atoms with Crippen LogP contribution in [0.3, 0.4) is 0 Å². The summed E-state index contributed by atoms with van der Waals surface area (Å²) in [4.78, 5) is 32.6. The van der Waals surface area contributed by atoms with Crippen LogP contribution in [0.25, 0.3) is 16.0 Å². The Hall–Kier alpha value is -4.04. The van der Waals surface area contributed by atoms with Crippen LogP contribution in [0.15, 0.2) is 72.3 Å². The molecule has 1 unspecified atom stereocenters. The normalized spacial score (nSPS) is 17.2. The van der Waals surface area contributed by atoms with Crippen LogP contribution in [-0.2, 0) is 16.0 Å². The number of nitrogens with zero attached hydrogens (tertiary/aromatic N) is 2. The molecule has 1 atom stereocenters. The Bertz CT molecular complexity index is 1490. The van der Waals surface area contributed by atoms with Gasteiger partial charge in [-0.25, -0.2) is 9.37 Å². The molecule has 1 amide bonds. The molecule has 1 aliphatic rings. The van der Waals surface area contributed by atoms with Crippen LogP contribution in [-0.4, -0.2) is 28.4 Å². The smallest absolute Gasteiger partial charge is 0.301 e. The maximum Gasteiger partial charge on any atom is 0.301 e. The first-order valence-corrected chi connectivity index (χ1v) is 12.4. The van der Waals surface area contributed by atoms with Gasteiger partial charge in [-0.3, -0.25) is 14.5 Å². The van der Waals surface area contributed by atoms with Crippen molar-refractivity contribution in [2.75, 3.05) is 11.5 Å². The summed E-state index contributed by atoms with van der Waals surface area (Å²) >= 11 is 1.30. The largest absolute Gasteiger partial charge is 0.507 e. The number of Topliss-reactive ketones (excluding diaryl/α,β-unsaturated/α-hetero) is 1. The molecule has 1 aromatic heterocycles. The lowest BCUT2D eigenvalue weighted by Crippen LogP contribution is -2.29. The van der Waals surface area contributed by atoms with Crippen molar-refractivity contribution in [2.45, 2.75) is 26.3 Å². The number of aromatic nitrogens is 1. The maximum absolute atomic E-state index is 13.7. The number of hydrogen-bond donors (Lipinski definition) is 1. The number of anilines is 1. The second-order valence-electron chi connectivity index (χ2n) is 8.33. The van der Waals surface area contributed by atoms with Gasteiger partial charge in [0.25, 0.3) is 5.78 Å². The number of rotatable bonds is 6. The zero-order valence-corrected chi connectivity index (χ0v) is 20.5. The molecule has 6 nitrogen and oxygen atoms in total. The van der Waals surface area contributed by atoms with Crippen molar-refractivity contribution in [3.05, 3.63) is 94.8 Å². The molecular formula is C28H23FN2O4S. The van der Waals surface area contributed by atoms with Gasteiger partial charge in [0.05, 0.1) is 28.4 Å². The predicted octanol–water partition coefficient (Wildman–Crippen LogP) is 6.02. The molecule has 1 fully saturated rings. The summed E-state index contributed by atoms with van der Waals surface area (Å²) in [6.07, 6.45) is 0.853. The Morgan fingerprint density at radius 1 is 1.06 bits per heavy atom. The third kappa shape index (κ3) is 4.13. The molecule has 3 aromatic carbocycles. The number of aryl methyl sites for hydroxylation is 1. The monoisotopic (exact) mass is 502 g/mol. The first kappa shape index (κ1) is 23.7. The summed E-state index contributed by atoms with van der Waals surface area (Å²) < 4.78 is 20.1. The number of fused-ring (bicyclic) bond motifs is 1. The molecule has 2 heterocycles. The fourth-order valence-electron chi connectivity index (χ4n) is 4.30. The topological polar surface area (TPSA) is 79.7 Å². The molecule has 1 saturated heterocycles. The standard InChI is InChI=1S/C28H23FN2O4S/c1-3-16-5-14-21-22(15-16)36-28(30-21)31-24(17-6-10-19(29)11-7-17)23(26(33)27(31)34)25(32)18-8-12-20(13-9-18)35-4-2/h5-15,24,32H,3-4H2,1-2H3/b25-23+. The molecule has 1 aliphatic heterocycles. The molecule has 1 N–H and O–H groups in total. The van der Waals surface area contributed by atoms with Gasteiger partial charge in [0.1, 0.15) is 17.3 Å². The van der Waals surface area contributed by atoms with Crippen molar-refractivity contribution in [2.24, 2.45) is 0 Å². The Morgan fingerprint density at radius 2 is 1.78 bits per heavy atom. The first-order chi connectivity index (χ1) is 17.4. The van der Waals surface area contributed by atoms with Gasteiger partial charge in [0.2, 0.25) is 0 Å². The molecule has 5 rings (SSSR count). The third-order valence-electron chi connectivity index (χ3n) is 6.12. The van der Waals surface area contributed by atoms with E-state index in [9.17, 15) is 19.1 Å². The van der Waals surface area contributed by atoms with Gasteiger partial charge in [0, 0.05) is 5.56 Å². The molecule has 0 spiro atoms. The van der Waals surface area contributed by atoms with Crippen molar-refractivity contribution >= 4 is 44.1 Å². The molecule has 0 saturated carbocycles. The van der Waals surface area contributed by atoms with E-state index in [1.807, 2.05) is 25.1 Å². The highest BCUT2D eigenvalue weighted by atomic mass is 32.1. The Balaban J connectivity index is 1.67. The lowest BCUT2D eigenvalue weighted by Gasteiger charge is -2.23. The van der Waals surface area contributed by atoms with Crippen LogP contribution in [0, 0.1) is 5.82 Å². The Morgan fingerprint density at radius 3 is 2.44 bits per heavy atom. The van der Waals surface area contributed by atoms with Gasteiger partial charge in [-0.15, -0.1) is 0 Å². The minimum absolute atomic E-state index is 0.0794. The van der Waals surface area contributed by atoms with Gasteiger partial charge in [0.15, 0.2) is 5.13 Å². The minimum Gasteiger partial charge on any atom is -0.507 e. The van der Waals surface area contributed by atoms with Crippen molar-refractivity contribution in [1.82, 2.24) is 4.98 Å². The second kappa shape index (κ2) is 9.54. The Labute approximate surface area is 211 Å². The number of ketones is 1. The van der Waals surface area contributed by atoms with Crippen molar-refractivity contribution in [3.63, 3.8) is 0 Å². The number of ether oxygens (including phenoxy) is 1. The minimum atomic E-state index is -0.969. The van der Waals surface area contributed by atoms with E-state index in [-0.39, 0.29) is 11.3 Å². The van der Waals surface area contributed by atoms with Gasteiger partial charge in [-0.2, -0.15) is 0 Å². The SMILES string of the molecule is CCOc1ccc(/C(O)=C2\C(=O)C(=O)N(c3nc4ccc(CC)cc4s3)C2c2ccc(F)cc2)cc1. The van der Waals surface area contributed by atoms with E-state index < -0.39 is 23.5 Å². The lowest BCUT2D eigenvalue weighted by atomic mass is 9.95. The quantitative estimate of drug-likeness (QED) is 0.198. The van der Waals surface area contributed by atoms with Crippen LogP contribution >= 0.6 is 11.3 Å². The van der Waals surface area contributed by atoms with Crippen LogP contribution in [0.5, 0.6) is 5.75 Å². The molecular weight excluding hydrogens is 479 g/mol. The van der Waals surface area contributed by atoms with E-state index in [1.165, 1.54) is 40.5 Å². The average molecular weight is 503 g/mol. The molecule has 0 aliphatic carbocycles. The highest BCUT2D eigenvalue weighted by molar-refractivity contribution is 7.22. The van der Waals surface area contributed by atoms with E-state index in [1.54, 1.807) is 24.3 Å². The number of thiazole rings is 1. The second-order valence-corrected chi connectivity index (χ2v) is 9.34. The van der Waals surface area contributed by atoms with Crippen LogP contribution < -0.4 is 9.64 Å². The summed E-state index contributed by atoms with van der Waals surface area (Å²) in [6.45, 7) is 4.41. The van der Waals surface area contributed by atoms with Gasteiger partial charge in [-0.05, 0) is 73.0 Å². The number of benzene rings is 3. The van der Waals surface area contributed by atoms with E-state index in [0.29, 0.717) is 34.1 Å². The predicted molar refractivity (Wildman–Crippen MR) is 138 cm³/mol.